The highest BCUT2D eigenvalue weighted by Crippen LogP contribution is 2.44. The lowest BCUT2D eigenvalue weighted by molar-refractivity contribution is 1.10. The fraction of sp³-hybridized carbons (Fsp3) is 0.677. The molecule has 0 bridgehead atoms. The summed E-state index contributed by atoms with van der Waals surface area (Å²) in [7, 11) is -9.95. The second kappa shape index (κ2) is 14.0. The predicted molar refractivity (Wildman–Crippen MR) is 226 cm³/mol. The second-order valence-electron chi connectivity index (χ2n) is 18.6. The van der Waals surface area contributed by atoms with Crippen LogP contribution in [0.2, 0.25) is 118 Å². The maximum absolute atomic E-state index is 2.86. The highest BCUT2D eigenvalue weighted by Gasteiger charge is 2.47. The zero-order valence-corrected chi connectivity index (χ0v) is 40.8. The third kappa shape index (κ3) is 10.4. The highest BCUT2D eigenvalue weighted by molar-refractivity contribution is 14.1. The first kappa shape index (κ1) is 39.7. The molecule has 1 aromatic carbocycles. The fourth-order valence-corrected chi connectivity index (χ4v) is 51.7. The molecule has 1 rings (SSSR count). The SMILES string of the molecule is C[Si](C)(C)C(c1cc(C([Si](C)(C)C)[Si](C)(C)C)c([Si](/C=C/I)/C=C/I)c(C([Si](C)(C)C)[Si](C)(C)C)c1)[Si](C)(C)C. The summed E-state index contributed by atoms with van der Waals surface area (Å²) in [5.74, 6) is 0. The van der Waals surface area contributed by atoms with E-state index in [2.05, 4.69) is 195 Å². The minimum atomic E-state index is -1.51. The molecule has 40 heavy (non-hydrogen) atoms. The Morgan fingerprint density at radius 1 is 0.475 bits per heavy atom. The van der Waals surface area contributed by atoms with Crippen molar-refractivity contribution in [3.63, 3.8) is 0 Å². The number of hydrogen-bond donors (Lipinski definition) is 0. The molecule has 0 fully saturated rings. The van der Waals surface area contributed by atoms with Crippen LogP contribution in [0.4, 0.5) is 0 Å². The Balaban J connectivity index is 4.77. The summed E-state index contributed by atoms with van der Waals surface area (Å²) in [6, 6.07) is 5.72. The van der Waals surface area contributed by atoms with Gasteiger partial charge in [-0.3, -0.25) is 0 Å². The molecule has 0 aliphatic heterocycles. The molecule has 0 atom stereocenters. The van der Waals surface area contributed by atoms with Gasteiger partial charge in [0.2, 0.25) is 0 Å². The van der Waals surface area contributed by atoms with Gasteiger partial charge in [-0.25, -0.2) is 0 Å². The van der Waals surface area contributed by atoms with Gasteiger partial charge in [-0.1, -0.05) is 187 Å². The van der Waals surface area contributed by atoms with Crippen molar-refractivity contribution in [3.05, 3.63) is 48.4 Å². The van der Waals surface area contributed by atoms with E-state index < -0.39 is 57.2 Å². The van der Waals surface area contributed by atoms with E-state index >= 15 is 0 Å². The lowest BCUT2D eigenvalue weighted by Crippen LogP contribution is -2.54. The van der Waals surface area contributed by atoms with Crippen LogP contribution in [0, 0.1) is 0 Å². The molecule has 0 unspecified atom stereocenters. The molecule has 0 amide bonds. The molecule has 0 spiro atoms. The van der Waals surface area contributed by atoms with Crippen LogP contribution in [0.1, 0.15) is 32.2 Å². The normalized spacial score (nSPS) is 15.2. The number of hydrogen-bond acceptors (Lipinski definition) is 0. The average molecular weight is 886 g/mol. The first-order chi connectivity index (χ1) is 17.6. The van der Waals surface area contributed by atoms with E-state index in [0.29, 0.717) is 0 Å². The number of rotatable bonds is 12. The van der Waals surface area contributed by atoms with Crippen molar-refractivity contribution in [1.82, 2.24) is 0 Å². The lowest BCUT2D eigenvalue weighted by Gasteiger charge is -2.46. The molecule has 0 saturated carbocycles. The molecule has 0 aromatic heterocycles. The number of halogens is 2. The van der Waals surface area contributed by atoms with Crippen molar-refractivity contribution < 1.29 is 0 Å². The third-order valence-corrected chi connectivity index (χ3v) is 40.3. The van der Waals surface area contributed by atoms with E-state index in [0.717, 1.165) is 15.5 Å². The molecule has 0 nitrogen and oxygen atoms in total. The van der Waals surface area contributed by atoms with Crippen molar-refractivity contribution in [1.29, 1.82) is 0 Å². The molecule has 0 N–H and O–H groups in total. The summed E-state index contributed by atoms with van der Waals surface area (Å²) in [6.07, 6.45) is 0. The van der Waals surface area contributed by atoms with Crippen LogP contribution in [-0.2, 0) is 0 Å². The third-order valence-electron chi connectivity index (χ3n) is 8.15. The Morgan fingerprint density at radius 2 is 0.725 bits per heavy atom. The Morgan fingerprint density at radius 3 is 0.925 bits per heavy atom. The van der Waals surface area contributed by atoms with Crippen molar-refractivity contribution in [2.45, 2.75) is 133 Å². The van der Waals surface area contributed by atoms with Gasteiger partial charge in [0.1, 0.15) is 8.80 Å². The fourth-order valence-electron chi connectivity index (χ4n) is 8.79. The van der Waals surface area contributed by atoms with Gasteiger partial charge >= 0.3 is 0 Å². The van der Waals surface area contributed by atoms with Gasteiger partial charge in [0.05, 0.1) is 0 Å². The second-order valence-corrected chi connectivity index (χ2v) is 55.7. The van der Waals surface area contributed by atoms with Gasteiger partial charge in [-0.05, 0) is 45.5 Å². The van der Waals surface area contributed by atoms with Gasteiger partial charge < -0.3 is 0 Å². The van der Waals surface area contributed by atoms with Crippen LogP contribution in [0.3, 0.4) is 0 Å². The Bertz CT molecular complexity index is 947. The quantitative estimate of drug-likeness (QED) is 0.145. The van der Waals surface area contributed by atoms with Gasteiger partial charge in [-0.2, -0.15) is 0 Å². The van der Waals surface area contributed by atoms with E-state index in [1.54, 1.807) is 5.56 Å². The minimum Gasteiger partial charge on any atom is -0.0816 e. The molecule has 229 valence electrons. The van der Waals surface area contributed by atoms with Crippen molar-refractivity contribution in [2.75, 3.05) is 0 Å². The molecule has 1 aromatic rings. The molecule has 0 heterocycles. The maximum Gasteiger partial charge on any atom is 0.141 e. The van der Waals surface area contributed by atoms with E-state index in [1.807, 2.05) is 16.3 Å². The van der Waals surface area contributed by atoms with Crippen LogP contribution >= 0.6 is 45.2 Å². The Labute approximate surface area is 286 Å². The standard InChI is InChI=1S/C31H63I2Si7/c1-35(2,3)29(36(4,5)6)25-23-26(30(37(7,8)9)38(10,11)12)28(34(21-19-32)22-20-33)27(24-25)31(39(13,14)15)40(16,17)18/h19-24,29-31H,1-18H3/b21-19+,22-20+. The largest absolute Gasteiger partial charge is 0.141 e. The van der Waals surface area contributed by atoms with Crippen LogP contribution in [0.5, 0.6) is 0 Å². The van der Waals surface area contributed by atoms with Crippen LogP contribution in [0.25, 0.3) is 0 Å². The van der Waals surface area contributed by atoms with E-state index in [4.69, 9.17) is 0 Å². The van der Waals surface area contributed by atoms with E-state index in [1.165, 1.54) is 0 Å². The Kier molecular flexibility index (Phi) is 13.9. The smallest absolute Gasteiger partial charge is 0.0816 e. The summed E-state index contributed by atoms with van der Waals surface area (Å²) in [4.78, 5) is 0. The molecular formula is C31H63I2Si7. The summed E-state index contributed by atoms with van der Waals surface area (Å²) < 4.78 is 4.65. The minimum absolute atomic E-state index is 0.756. The van der Waals surface area contributed by atoms with Crippen LogP contribution in [-0.4, -0.2) is 57.2 Å². The van der Waals surface area contributed by atoms with E-state index in [-0.39, 0.29) is 0 Å². The lowest BCUT2D eigenvalue weighted by atomic mass is 10.1. The molecular weight excluding hydrogens is 823 g/mol. The first-order valence-electron chi connectivity index (χ1n) is 15.2. The zero-order valence-electron chi connectivity index (χ0n) is 29.5. The van der Waals surface area contributed by atoms with Gasteiger partial charge in [0.15, 0.2) is 0 Å². The maximum atomic E-state index is 2.86. The first-order valence-corrected chi connectivity index (χ1v) is 40.8. The van der Waals surface area contributed by atoms with Gasteiger partial charge in [-0.15, -0.1) is 0 Å². The summed E-state index contributed by atoms with van der Waals surface area (Å²) in [5.41, 5.74) is 10.5. The summed E-state index contributed by atoms with van der Waals surface area (Å²) >= 11 is 4.97. The molecule has 9 heteroatoms. The summed E-state index contributed by atoms with van der Waals surface area (Å²) in [6.45, 7) is 48.0. The van der Waals surface area contributed by atoms with Gasteiger partial charge in [0.25, 0.3) is 0 Å². The zero-order chi connectivity index (χ0) is 31.9. The van der Waals surface area contributed by atoms with Crippen molar-refractivity contribution in [2.24, 2.45) is 0 Å². The molecule has 0 aliphatic carbocycles. The highest BCUT2D eigenvalue weighted by atomic mass is 127. The topological polar surface area (TPSA) is 0 Å². The summed E-state index contributed by atoms with van der Waals surface area (Å²) in [5, 5.41) is 4.10. The average Bonchev–Trinajstić information content (AvgIpc) is 2.60. The molecule has 1 radical (unpaired) electrons. The molecule has 0 aliphatic rings. The van der Waals surface area contributed by atoms with Gasteiger partial charge in [0, 0.05) is 48.4 Å². The van der Waals surface area contributed by atoms with Crippen LogP contribution < -0.4 is 5.19 Å². The monoisotopic (exact) mass is 885 g/mol. The predicted octanol–water partition coefficient (Wildman–Crippen LogP) is 11.9. The Hall–Kier alpha value is 1.68. The van der Waals surface area contributed by atoms with E-state index in [9.17, 15) is 0 Å². The van der Waals surface area contributed by atoms with Crippen LogP contribution in [0.15, 0.2) is 31.7 Å². The number of benzene rings is 1. The molecule has 0 saturated heterocycles. The van der Waals surface area contributed by atoms with Crippen molar-refractivity contribution in [3.8, 4) is 0 Å². The van der Waals surface area contributed by atoms with Crippen molar-refractivity contribution >= 4 is 108 Å².